The number of aryl methyl sites for hydroxylation is 2. The van der Waals surface area contributed by atoms with Crippen molar-refractivity contribution in [1.29, 1.82) is 0 Å². The second-order valence-electron chi connectivity index (χ2n) is 14.3. The zero-order chi connectivity index (χ0) is 32.8. The Morgan fingerprint density at radius 1 is 0.667 bits per heavy atom. The Bertz CT molecular complexity index is 1820. The minimum absolute atomic E-state index is 0. The van der Waals surface area contributed by atoms with Gasteiger partial charge in [0.05, 0.1) is 0 Å². The second kappa shape index (κ2) is 15.0. The Hall–Kier alpha value is -2.83. The summed E-state index contributed by atoms with van der Waals surface area (Å²) in [5.41, 5.74) is 19.9. The number of allylic oxidation sites excluding steroid dienone is 8. The van der Waals surface area contributed by atoms with Crippen molar-refractivity contribution in [3.8, 4) is 11.1 Å². The summed E-state index contributed by atoms with van der Waals surface area (Å²) >= 11 is 1.46. The molecule has 4 aliphatic carbocycles. The molecule has 4 aliphatic rings. The van der Waals surface area contributed by atoms with Crippen molar-refractivity contribution in [1.82, 2.24) is 0 Å². The van der Waals surface area contributed by atoms with E-state index in [1.807, 2.05) is 12.2 Å². The third kappa shape index (κ3) is 7.65. The Morgan fingerprint density at radius 3 is 1.67 bits per heavy atom. The molecule has 244 valence electrons. The van der Waals surface area contributed by atoms with Crippen LogP contribution in [0.4, 0.5) is 0 Å². The fourth-order valence-corrected chi connectivity index (χ4v) is 8.04. The van der Waals surface area contributed by atoms with E-state index in [1.54, 1.807) is 0 Å². The standard InChI is InChI=1S/C25H25.C15H14.C5H5.2ClH.Zr/c1-14-12-24(3,4)22-8-16-7-17-9-23-19(15(2)13-25(23,5)6)11-21(17)20(16)10-18(14)22;1-12-3-7-14(8-4-12)11-15-9-5-13(2)6-10-15;1-2-4-5-3-1;;;/h8-12H,7H2,1-6H3;3-10H,1-2H3;1-3H,4H2;2*1H;/q-1;;-1;;;+2/p-2. The molecule has 0 saturated heterocycles. The summed E-state index contributed by atoms with van der Waals surface area (Å²) in [5.74, 6) is 0. The van der Waals surface area contributed by atoms with Gasteiger partial charge in [-0.05, 0) is 58.4 Å². The van der Waals surface area contributed by atoms with Crippen LogP contribution in [0.5, 0.6) is 0 Å². The van der Waals surface area contributed by atoms with Gasteiger partial charge in [-0.3, -0.25) is 12.2 Å². The van der Waals surface area contributed by atoms with Crippen LogP contribution in [-0.4, -0.2) is 3.21 Å². The van der Waals surface area contributed by atoms with E-state index < -0.39 is 0 Å². The van der Waals surface area contributed by atoms with Crippen LogP contribution >= 0.6 is 0 Å². The van der Waals surface area contributed by atoms with Gasteiger partial charge in [-0.1, -0.05) is 58.2 Å². The molecule has 0 aliphatic heterocycles. The summed E-state index contributed by atoms with van der Waals surface area (Å²) in [6, 6.07) is 27.3. The van der Waals surface area contributed by atoms with E-state index in [0.29, 0.717) is 0 Å². The maximum Gasteiger partial charge on any atom is -0.109 e. The van der Waals surface area contributed by atoms with Gasteiger partial charge in [0, 0.05) is 5.41 Å². The van der Waals surface area contributed by atoms with Gasteiger partial charge < -0.3 is 24.8 Å². The van der Waals surface area contributed by atoms with E-state index in [0.717, 1.165) is 12.8 Å². The average Bonchev–Trinajstić information content (AvgIpc) is 3.79. The predicted molar refractivity (Wildman–Crippen MR) is 194 cm³/mol. The molecule has 0 N–H and O–H groups in total. The summed E-state index contributed by atoms with van der Waals surface area (Å²) in [7, 11) is 0. The minimum atomic E-state index is 0. The molecule has 0 saturated carbocycles. The monoisotopic (exact) mass is 744 g/mol. The normalized spacial score (nSPS) is 16.0. The maximum absolute atomic E-state index is 3.65. The molecule has 0 heterocycles. The van der Waals surface area contributed by atoms with Crippen LogP contribution in [-0.2, 0) is 41.5 Å². The summed E-state index contributed by atoms with van der Waals surface area (Å²) in [6.07, 6.45) is 17.1. The molecule has 0 spiro atoms. The number of hydrogen-bond acceptors (Lipinski definition) is 0. The van der Waals surface area contributed by atoms with Crippen LogP contribution in [0.15, 0.2) is 97.1 Å². The maximum atomic E-state index is 3.65. The van der Waals surface area contributed by atoms with E-state index in [2.05, 4.69) is 152 Å². The smallest absolute Gasteiger partial charge is 0.109 e. The van der Waals surface area contributed by atoms with E-state index in [1.165, 1.54) is 105 Å². The van der Waals surface area contributed by atoms with E-state index in [9.17, 15) is 0 Å². The first-order valence-corrected chi connectivity index (χ1v) is 17.7. The van der Waals surface area contributed by atoms with Crippen molar-refractivity contribution < 1.29 is 49.0 Å². The Morgan fingerprint density at radius 2 is 1.19 bits per heavy atom. The molecule has 0 amide bonds. The first-order valence-electron chi connectivity index (χ1n) is 16.5. The molecule has 0 nitrogen and oxygen atoms in total. The molecule has 0 aromatic heterocycles. The SMILES string of the molecule is CC1=[C-]C(C)(C)c2cc3c(cc21)-c1cc2c(cc1C3)C(C)(C)C=C2C.Cc1ccc([C](=[Zr+2])c2ccc(C)cc2)cc1.[C-]1=CC=CC1.[Cl-].[Cl-]. The third-order valence-electron chi connectivity index (χ3n) is 9.70. The second-order valence-corrected chi connectivity index (χ2v) is 15.5. The van der Waals surface area contributed by atoms with Gasteiger partial charge in [0.2, 0.25) is 0 Å². The molecule has 4 aromatic carbocycles. The molecule has 0 atom stereocenters. The van der Waals surface area contributed by atoms with Gasteiger partial charge in [-0.15, -0.1) is 18.1 Å². The van der Waals surface area contributed by atoms with Crippen LogP contribution < -0.4 is 24.8 Å². The van der Waals surface area contributed by atoms with Crippen LogP contribution in [0.25, 0.3) is 22.3 Å². The van der Waals surface area contributed by atoms with E-state index in [-0.39, 0.29) is 35.6 Å². The average molecular weight is 747 g/mol. The topological polar surface area (TPSA) is 0 Å². The first-order chi connectivity index (χ1) is 21.8. The van der Waals surface area contributed by atoms with Crippen LogP contribution in [0.2, 0.25) is 0 Å². The summed E-state index contributed by atoms with van der Waals surface area (Å²) < 4.78 is 1.42. The molecule has 3 heteroatoms. The van der Waals surface area contributed by atoms with Crippen LogP contribution in [0, 0.1) is 26.0 Å². The zero-order valence-electron chi connectivity index (χ0n) is 29.4. The fraction of sp³-hybridized carbons (Fsp3) is 0.267. The zero-order valence-corrected chi connectivity index (χ0v) is 33.4. The number of rotatable bonds is 2. The molecule has 0 bridgehead atoms. The summed E-state index contributed by atoms with van der Waals surface area (Å²) in [6.45, 7) is 17.9. The van der Waals surface area contributed by atoms with Crippen molar-refractivity contribution >= 4 is 14.4 Å². The van der Waals surface area contributed by atoms with Crippen LogP contribution in [0.1, 0.15) is 104 Å². The van der Waals surface area contributed by atoms with Crippen molar-refractivity contribution in [2.24, 2.45) is 0 Å². The largest absolute Gasteiger partial charge is 1.00 e. The van der Waals surface area contributed by atoms with Crippen LogP contribution in [0.3, 0.4) is 0 Å². The molecule has 0 radical (unpaired) electrons. The van der Waals surface area contributed by atoms with Crippen molar-refractivity contribution in [2.45, 2.75) is 79.1 Å². The molecule has 48 heavy (non-hydrogen) atoms. The van der Waals surface area contributed by atoms with Crippen molar-refractivity contribution in [3.05, 3.63) is 165 Å². The quantitative estimate of drug-likeness (QED) is 0.219. The van der Waals surface area contributed by atoms with Gasteiger partial charge in [0.1, 0.15) is 0 Å². The third-order valence-corrected chi connectivity index (χ3v) is 11.1. The van der Waals surface area contributed by atoms with Crippen molar-refractivity contribution in [2.75, 3.05) is 0 Å². The van der Waals surface area contributed by atoms with Gasteiger partial charge in [-0.25, -0.2) is 17.7 Å². The van der Waals surface area contributed by atoms with Gasteiger partial charge in [0.25, 0.3) is 0 Å². The van der Waals surface area contributed by atoms with Crippen molar-refractivity contribution in [3.63, 3.8) is 0 Å². The Balaban J connectivity index is 0.000000195. The van der Waals surface area contributed by atoms with Gasteiger partial charge >= 0.3 is 112 Å². The molecular formula is C45H44Cl2Zr-2. The summed E-state index contributed by atoms with van der Waals surface area (Å²) in [4.78, 5) is 0. The molecular weight excluding hydrogens is 703 g/mol. The fourth-order valence-electron chi connectivity index (χ4n) is 7.22. The molecule has 0 fully saturated rings. The molecule has 8 rings (SSSR count). The number of hydrogen-bond donors (Lipinski definition) is 0. The van der Waals surface area contributed by atoms with E-state index in [4.69, 9.17) is 0 Å². The first kappa shape index (κ1) is 38.0. The number of fused-ring (bicyclic) bond motifs is 5. The van der Waals surface area contributed by atoms with Gasteiger partial charge in [-0.2, -0.15) is 11.6 Å². The minimum Gasteiger partial charge on any atom is -1.00 e. The Labute approximate surface area is 316 Å². The molecule has 4 aromatic rings. The predicted octanol–water partition coefficient (Wildman–Crippen LogP) is 5.18. The Kier molecular flexibility index (Phi) is 11.8. The van der Waals surface area contributed by atoms with Gasteiger partial charge in [0.15, 0.2) is 0 Å². The van der Waals surface area contributed by atoms with E-state index >= 15 is 0 Å². The number of benzene rings is 4. The number of halogens is 2. The molecule has 0 unspecified atom stereocenters. The summed E-state index contributed by atoms with van der Waals surface area (Å²) in [5, 5.41) is 0.